The molecule has 0 saturated heterocycles. The average molecular weight is 230 g/mol. The fourth-order valence-corrected chi connectivity index (χ4v) is 1.93. The van der Waals surface area contributed by atoms with Gasteiger partial charge in [-0.1, -0.05) is 49.7 Å². The van der Waals surface area contributed by atoms with Gasteiger partial charge in [0.2, 0.25) is 0 Å². The molecule has 2 rings (SSSR count). The first kappa shape index (κ1) is 11.7. The van der Waals surface area contributed by atoms with Crippen molar-refractivity contribution in [3.8, 4) is 11.3 Å². The van der Waals surface area contributed by atoms with Crippen LogP contribution in [-0.2, 0) is 12.8 Å². The van der Waals surface area contributed by atoms with Crippen molar-refractivity contribution in [1.29, 1.82) is 0 Å². The number of hydrogen-bond donors (Lipinski definition) is 1. The van der Waals surface area contributed by atoms with E-state index in [-0.39, 0.29) is 0 Å². The smallest absolute Gasteiger partial charge is 0.172 e. The maximum absolute atomic E-state index is 5.82. The number of hydrogen-bond acceptors (Lipinski definition) is 3. The third kappa shape index (κ3) is 2.33. The standard InChI is InChI=1S/C14H18N2O/c1-3-5-12-13(17-16-14(12)15)11-8-6-10(4-2)7-9-11/h6-9H,3-5H2,1-2H3,(H2,15,16). The SMILES string of the molecule is CCCc1c(N)noc1-c1ccc(CC)cc1. The van der Waals surface area contributed by atoms with Gasteiger partial charge >= 0.3 is 0 Å². The maximum Gasteiger partial charge on any atom is 0.172 e. The van der Waals surface area contributed by atoms with Crippen LogP contribution in [0.1, 0.15) is 31.4 Å². The molecule has 17 heavy (non-hydrogen) atoms. The van der Waals surface area contributed by atoms with E-state index in [0.29, 0.717) is 5.82 Å². The molecule has 0 fully saturated rings. The largest absolute Gasteiger partial charge is 0.381 e. The lowest BCUT2D eigenvalue weighted by Gasteiger charge is -2.02. The number of rotatable bonds is 4. The molecule has 1 aromatic heterocycles. The number of nitrogens with two attached hydrogens (primary N) is 1. The molecule has 0 aliphatic heterocycles. The van der Waals surface area contributed by atoms with Gasteiger partial charge in [0.05, 0.1) is 0 Å². The van der Waals surface area contributed by atoms with E-state index in [1.165, 1.54) is 5.56 Å². The predicted molar refractivity (Wildman–Crippen MR) is 69.7 cm³/mol. The van der Waals surface area contributed by atoms with Crippen LogP contribution in [0.5, 0.6) is 0 Å². The molecular formula is C14H18N2O. The molecule has 0 unspecified atom stereocenters. The first-order chi connectivity index (χ1) is 8.26. The van der Waals surface area contributed by atoms with Gasteiger partial charge in [0.25, 0.3) is 0 Å². The molecule has 0 atom stereocenters. The van der Waals surface area contributed by atoms with E-state index < -0.39 is 0 Å². The molecule has 1 aromatic carbocycles. The van der Waals surface area contributed by atoms with Crippen molar-refractivity contribution in [1.82, 2.24) is 5.16 Å². The van der Waals surface area contributed by atoms with Gasteiger partial charge in [-0.3, -0.25) is 0 Å². The van der Waals surface area contributed by atoms with Crippen LogP contribution in [0.25, 0.3) is 11.3 Å². The third-order valence-corrected chi connectivity index (χ3v) is 2.94. The number of anilines is 1. The van der Waals surface area contributed by atoms with E-state index in [1.807, 2.05) is 0 Å². The highest BCUT2D eigenvalue weighted by atomic mass is 16.5. The van der Waals surface area contributed by atoms with E-state index in [9.17, 15) is 0 Å². The number of benzene rings is 1. The molecule has 0 spiro atoms. The van der Waals surface area contributed by atoms with Gasteiger partial charge in [0.15, 0.2) is 11.6 Å². The molecule has 2 aromatic rings. The molecular weight excluding hydrogens is 212 g/mol. The lowest BCUT2D eigenvalue weighted by Crippen LogP contribution is -1.92. The van der Waals surface area contributed by atoms with E-state index in [1.54, 1.807) is 0 Å². The maximum atomic E-state index is 5.82. The van der Waals surface area contributed by atoms with Crippen molar-refractivity contribution < 1.29 is 4.52 Å². The van der Waals surface area contributed by atoms with Gasteiger partial charge in [0, 0.05) is 11.1 Å². The Labute approximate surface area is 102 Å². The molecule has 0 aliphatic carbocycles. The third-order valence-electron chi connectivity index (χ3n) is 2.94. The minimum absolute atomic E-state index is 0.515. The summed E-state index contributed by atoms with van der Waals surface area (Å²) in [5.41, 5.74) is 9.21. The van der Waals surface area contributed by atoms with Crippen LogP contribution in [0.3, 0.4) is 0 Å². The van der Waals surface area contributed by atoms with Gasteiger partial charge in [-0.25, -0.2) is 0 Å². The van der Waals surface area contributed by atoms with Crippen LogP contribution in [-0.4, -0.2) is 5.16 Å². The molecule has 1 heterocycles. The number of nitrogen functional groups attached to an aromatic ring is 1. The summed E-state index contributed by atoms with van der Waals surface area (Å²) in [6.07, 6.45) is 2.98. The van der Waals surface area contributed by atoms with E-state index in [4.69, 9.17) is 10.3 Å². The number of aryl methyl sites for hydroxylation is 1. The molecule has 0 amide bonds. The minimum atomic E-state index is 0.515. The Balaban J connectivity index is 2.38. The van der Waals surface area contributed by atoms with Gasteiger partial charge in [-0.15, -0.1) is 0 Å². The summed E-state index contributed by atoms with van der Waals surface area (Å²) in [6.45, 7) is 4.26. The summed E-state index contributed by atoms with van der Waals surface area (Å²) in [7, 11) is 0. The Bertz CT molecular complexity index is 485. The Hall–Kier alpha value is -1.77. The topological polar surface area (TPSA) is 52.0 Å². The summed E-state index contributed by atoms with van der Waals surface area (Å²) >= 11 is 0. The quantitative estimate of drug-likeness (QED) is 0.875. The monoisotopic (exact) mass is 230 g/mol. The normalized spacial score (nSPS) is 10.7. The van der Waals surface area contributed by atoms with Crippen molar-refractivity contribution in [2.24, 2.45) is 0 Å². The van der Waals surface area contributed by atoms with Crippen LogP contribution in [0.4, 0.5) is 5.82 Å². The zero-order chi connectivity index (χ0) is 12.3. The zero-order valence-electron chi connectivity index (χ0n) is 10.4. The summed E-state index contributed by atoms with van der Waals surface area (Å²) in [5.74, 6) is 1.33. The van der Waals surface area contributed by atoms with E-state index in [2.05, 4.69) is 43.3 Å². The summed E-state index contributed by atoms with van der Waals surface area (Å²) < 4.78 is 5.33. The Kier molecular flexibility index (Phi) is 3.47. The molecule has 3 heteroatoms. The van der Waals surface area contributed by atoms with Crippen LogP contribution in [0, 0.1) is 0 Å². The van der Waals surface area contributed by atoms with Gasteiger partial charge in [-0.2, -0.15) is 0 Å². The molecule has 0 aliphatic rings. The number of aromatic nitrogens is 1. The average Bonchev–Trinajstić information content (AvgIpc) is 2.72. The first-order valence-electron chi connectivity index (χ1n) is 6.09. The Morgan fingerprint density at radius 3 is 2.47 bits per heavy atom. The summed E-state index contributed by atoms with van der Waals surface area (Å²) in [5, 5.41) is 3.86. The molecule has 3 nitrogen and oxygen atoms in total. The molecule has 0 radical (unpaired) electrons. The molecule has 2 N–H and O–H groups in total. The van der Waals surface area contributed by atoms with Crippen LogP contribution >= 0.6 is 0 Å². The number of nitrogens with zero attached hydrogens (tertiary/aromatic N) is 1. The van der Waals surface area contributed by atoms with Crippen LogP contribution in [0.2, 0.25) is 0 Å². The van der Waals surface area contributed by atoms with E-state index >= 15 is 0 Å². The fourth-order valence-electron chi connectivity index (χ4n) is 1.93. The Morgan fingerprint density at radius 2 is 1.88 bits per heavy atom. The summed E-state index contributed by atoms with van der Waals surface area (Å²) in [4.78, 5) is 0. The predicted octanol–water partition coefficient (Wildman–Crippen LogP) is 3.44. The lowest BCUT2D eigenvalue weighted by molar-refractivity contribution is 0.435. The van der Waals surface area contributed by atoms with Crippen molar-refractivity contribution >= 4 is 5.82 Å². The minimum Gasteiger partial charge on any atom is -0.381 e. The van der Waals surface area contributed by atoms with Gasteiger partial charge in [-0.05, 0) is 18.4 Å². The second-order valence-corrected chi connectivity index (χ2v) is 4.18. The fraction of sp³-hybridized carbons (Fsp3) is 0.357. The summed E-state index contributed by atoms with van der Waals surface area (Å²) in [6, 6.07) is 8.36. The molecule has 0 saturated carbocycles. The second kappa shape index (κ2) is 5.04. The molecule has 0 bridgehead atoms. The van der Waals surface area contributed by atoms with Gasteiger partial charge in [0.1, 0.15) is 0 Å². The first-order valence-corrected chi connectivity index (χ1v) is 6.09. The van der Waals surface area contributed by atoms with Crippen molar-refractivity contribution in [3.05, 3.63) is 35.4 Å². The highest BCUT2D eigenvalue weighted by Crippen LogP contribution is 2.29. The van der Waals surface area contributed by atoms with Crippen molar-refractivity contribution in [2.75, 3.05) is 5.73 Å². The van der Waals surface area contributed by atoms with Gasteiger partial charge < -0.3 is 10.3 Å². The van der Waals surface area contributed by atoms with Crippen molar-refractivity contribution in [2.45, 2.75) is 33.1 Å². The zero-order valence-corrected chi connectivity index (χ0v) is 10.4. The lowest BCUT2D eigenvalue weighted by atomic mass is 10.0. The second-order valence-electron chi connectivity index (χ2n) is 4.18. The molecule has 90 valence electrons. The van der Waals surface area contributed by atoms with Crippen LogP contribution in [0.15, 0.2) is 28.8 Å². The van der Waals surface area contributed by atoms with Crippen LogP contribution < -0.4 is 5.73 Å². The Morgan fingerprint density at radius 1 is 1.18 bits per heavy atom. The van der Waals surface area contributed by atoms with Crippen molar-refractivity contribution in [3.63, 3.8) is 0 Å². The van der Waals surface area contributed by atoms with E-state index in [0.717, 1.165) is 36.1 Å². The highest BCUT2D eigenvalue weighted by Gasteiger charge is 2.14. The highest BCUT2D eigenvalue weighted by molar-refractivity contribution is 5.66.